The Morgan fingerprint density at radius 1 is 1.18 bits per heavy atom. The molecule has 3 unspecified atom stereocenters. The Hall–Kier alpha value is -3.04. The number of halogens is 1. The number of carbonyl (C=O) groups is 1. The first-order valence-corrected chi connectivity index (χ1v) is 11.6. The van der Waals surface area contributed by atoms with Crippen LogP contribution < -0.4 is 4.74 Å². The van der Waals surface area contributed by atoms with Crippen molar-refractivity contribution in [1.82, 2.24) is 4.98 Å². The second-order valence-corrected chi connectivity index (χ2v) is 9.66. The maximum atomic E-state index is 13.6. The Labute approximate surface area is 192 Å². The molecule has 0 aliphatic carbocycles. The fraction of sp³-hybridized carbons (Fsp3) is 0.280. The molecule has 0 aliphatic heterocycles. The van der Waals surface area contributed by atoms with Gasteiger partial charge in [-0.05, 0) is 43.2 Å². The van der Waals surface area contributed by atoms with Gasteiger partial charge in [0, 0.05) is 23.6 Å². The lowest BCUT2D eigenvalue weighted by atomic mass is 9.94. The van der Waals surface area contributed by atoms with E-state index in [0.29, 0.717) is 22.3 Å². The summed E-state index contributed by atoms with van der Waals surface area (Å²) in [7, 11) is -2.09. The molecule has 3 aromatic rings. The lowest BCUT2D eigenvalue weighted by molar-refractivity contribution is -0.138. The molecule has 0 saturated carbocycles. The van der Waals surface area contributed by atoms with Crippen molar-refractivity contribution in [2.75, 3.05) is 7.11 Å². The van der Waals surface area contributed by atoms with E-state index in [1.807, 2.05) is 38.1 Å². The number of aliphatic hydroxyl groups excluding tert-OH is 1. The summed E-state index contributed by atoms with van der Waals surface area (Å²) in [5.41, 5.74) is 2.13. The molecule has 3 atom stereocenters. The quantitative estimate of drug-likeness (QED) is 0.300. The monoisotopic (exact) mass is 469 g/mol. The molecule has 2 aromatic carbocycles. The van der Waals surface area contributed by atoms with Crippen molar-refractivity contribution < 1.29 is 28.1 Å². The van der Waals surface area contributed by atoms with Gasteiger partial charge in [-0.3, -0.25) is 4.57 Å². The molecule has 6 nitrogen and oxygen atoms in total. The van der Waals surface area contributed by atoms with Gasteiger partial charge in [0.1, 0.15) is 11.5 Å². The lowest BCUT2D eigenvalue weighted by Crippen LogP contribution is -2.46. The third-order valence-electron chi connectivity index (χ3n) is 5.46. The minimum absolute atomic E-state index is 0.103. The molecule has 0 saturated heterocycles. The molecule has 0 fully saturated rings. The van der Waals surface area contributed by atoms with Gasteiger partial charge < -0.3 is 14.4 Å². The van der Waals surface area contributed by atoms with Crippen molar-refractivity contribution in [2.45, 2.75) is 37.9 Å². The number of hydrogen-bond acceptors (Lipinski definition) is 6. The van der Waals surface area contributed by atoms with Crippen molar-refractivity contribution >= 4 is 24.9 Å². The minimum atomic E-state index is -3.23. The summed E-state index contributed by atoms with van der Waals surface area (Å²) in [4.78, 5) is 18.1. The van der Waals surface area contributed by atoms with Crippen molar-refractivity contribution in [3.05, 3.63) is 59.9 Å². The Balaban J connectivity index is 2.32. The van der Waals surface area contributed by atoms with Gasteiger partial charge in [0.15, 0.2) is 5.75 Å². The van der Waals surface area contributed by atoms with E-state index in [0.717, 1.165) is 12.5 Å². The number of carbonyl (C=O) groups excluding carboxylic acids is 1. The van der Waals surface area contributed by atoms with Gasteiger partial charge in [0.25, 0.3) is 0 Å². The highest BCUT2D eigenvalue weighted by molar-refractivity contribution is 7.43. The predicted octanol–water partition coefficient (Wildman–Crippen LogP) is 4.94. The molecule has 0 aliphatic rings. The molecular weight excluding hydrogens is 444 g/mol. The van der Waals surface area contributed by atoms with E-state index < -0.39 is 31.1 Å². The second kappa shape index (κ2) is 9.84. The highest BCUT2D eigenvalue weighted by Crippen LogP contribution is 2.46. The van der Waals surface area contributed by atoms with Crippen LogP contribution >= 0.6 is 8.03 Å². The number of hydrogen-bond donors (Lipinski definition) is 1. The van der Waals surface area contributed by atoms with Gasteiger partial charge in [-0.1, -0.05) is 38.0 Å². The van der Waals surface area contributed by atoms with Crippen molar-refractivity contribution in [1.29, 1.82) is 0 Å². The zero-order valence-electron chi connectivity index (χ0n) is 18.8. The normalized spacial score (nSPS) is 15.0. The summed E-state index contributed by atoms with van der Waals surface area (Å²) in [6, 6.07) is 12.9. The summed E-state index contributed by atoms with van der Waals surface area (Å²) in [5, 5.41) is 8.88. The molecule has 1 N–H and O–H groups in total. The number of terminal acetylenes is 1. The van der Waals surface area contributed by atoms with Crippen molar-refractivity contribution in [3.8, 4) is 29.4 Å². The largest absolute Gasteiger partial charge is 0.422 e. The third kappa shape index (κ3) is 4.43. The van der Waals surface area contributed by atoms with Crippen LogP contribution in [0.25, 0.3) is 22.2 Å². The molecule has 172 valence electrons. The second-order valence-electron chi connectivity index (χ2n) is 7.89. The summed E-state index contributed by atoms with van der Waals surface area (Å²) < 4.78 is 37.0. The maximum Gasteiger partial charge on any atom is 0.342 e. The van der Waals surface area contributed by atoms with Gasteiger partial charge in [-0.2, -0.15) is 0 Å². The SMILES string of the molecule is C#CC(C(=O)Oc1c(-c2ccc(F)cc2)nc2ccccc2c1C(C)C)(C(C)O)[PH](=O)OC. The van der Waals surface area contributed by atoms with Gasteiger partial charge >= 0.3 is 5.97 Å². The van der Waals surface area contributed by atoms with Crippen LogP contribution in [-0.4, -0.2) is 34.4 Å². The molecule has 0 radical (unpaired) electrons. The van der Waals surface area contributed by atoms with Crippen LogP contribution in [0.4, 0.5) is 4.39 Å². The number of pyridine rings is 1. The van der Waals surface area contributed by atoms with Crippen LogP contribution in [0, 0.1) is 18.2 Å². The van der Waals surface area contributed by atoms with E-state index in [2.05, 4.69) is 10.9 Å². The Morgan fingerprint density at radius 3 is 2.36 bits per heavy atom. The summed E-state index contributed by atoms with van der Waals surface area (Å²) in [6.45, 7) is 5.11. The van der Waals surface area contributed by atoms with Crippen LogP contribution in [0.3, 0.4) is 0 Å². The molecule has 8 heteroatoms. The first kappa shape index (κ1) is 24.6. The van der Waals surface area contributed by atoms with E-state index >= 15 is 0 Å². The lowest BCUT2D eigenvalue weighted by Gasteiger charge is -2.28. The van der Waals surface area contributed by atoms with Crippen molar-refractivity contribution in [2.24, 2.45) is 0 Å². The number of esters is 1. The molecule has 0 spiro atoms. The number of para-hydroxylation sites is 1. The summed E-state index contributed by atoms with van der Waals surface area (Å²) in [5.74, 6) is 0.616. The van der Waals surface area contributed by atoms with Crippen LogP contribution in [0.1, 0.15) is 32.3 Å². The standard InChI is InChI=1S/C25H25FNO5P/c1-6-25(16(4)28,33(30)31-5)24(29)32-23-21(15(2)3)19-9-7-8-10-20(19)27-22(23)17-11-13-18(26)14-12-17/h1,7-16,28,33H,2-5H3. The number of aromatic nitrogens is 1. The van der Waals surface area contributed by atoms with Crippen LogP contribution in [0.15, 0.2) is 48.5 Å². The number of ether oxygens (including phenoxy) is 1. The minimum Gasteiger partial charge on any atom is -0.422 e. The number of rotatable bonds is 7. The predicted molar refractivity (Wildman–Crippen MR) is 126 cm³/mol. The van der Waals surface area contributed by atoms with Crippen molar-refractivity contribution in [3.63, 3.8) is 0 Å². The van der Waals surface area contributed by atoms with Crippen LogP contribution in [-0.2, 0) is 13.9 Å². The first-order chi connectivity index (χ1) is 15.7. The molecule has 3 rings (SSSR count). The number of fused-ring (bicyclic) bond motifs is 1. The zero-order valence-corrected chi connectivity index (χ0v) is 19.8. The topological polar surface area (TPSA) is 85.7 Å². The molecule has 33 heavy (non-hydrogen) atoms. The van der Waals surface area contributed by atoms with Gasteiger partial charge in [-0.15, -0.1) is 6.42 Å². The molecule has 1 aromatic heterocycles. The summed E-state index contributed by atoms with van der Waals surface area (Å²) >= 11 is 0. The summed E-state index contributed by atoms with van der Waals surface area (Å²) in [6.07, 6.45) is 4.06. The highest BCUT2D eigenvalue weighted by Gasteiger charge is 2.50. The number of benzene rings is 2. The molecule has 0 amide bonds. The number of aliphatic hydroxyl groups is 1. The third-order valence-corrected chi connectivity index (χ3v) is 7.24. The van der Waals surface area contributed by atoms with Gasteiger partial charge in [0.2, 0.25) is 13.2 Å². The Bertz CT molecular complexity index is 1250. The fourth-order valence-electron chi connectivity index (χ4n) is 3.70. The smallest absolute Gasteiger partial charge is 0.342 e. The average molecular weight is 469 g/mol. The first-order valence-electron chi connectivity index (χ1n) is 10.3. The number of nitrogens with zero attached hydrogens (tertiary/aromatic N) is 1. The Morgan fingerprint density at radius 2 is 1.82 bits per heavy atom. The molecular formula is C25H25FNO5P. The fourth-order valence-corrected chi connectivity index (χ4v) is 4.70. The average Bonchev–Trinajstić information content (AvgIpc) is 2.79. The Kier molecular flexibility index (Phi) is 7.34. The maximum absolute atomic E-state index is 13.6. The van der Waals surface area contributed by atoms with Gasteiger partial charge in [-0.25, -0.2) is 14.2 Å². The molecule has 0 bridgehead atoms. The van der Waals surface area contributed by atoms with Crippen LogP contribution in [0.5, 0.6) is 5.75 Å². The molecule has 1 heterocycles. The van der Waals surface area contributed by atoms with E-state index in [4.69, 9.17) is 15.7 Å². The van der Waals surface area contributed by atoms with E-state index in [9.17, 15) is 18.9 Å². The van der Waals surface area contributed by atoms with Crippen LogP contribution in [0.2, 0.25) is 0 Å². The highest BCUT2D eigenvalue weighted by atomic mass is 31.1. The van der Waals surface area contributed by atoms with E-state index in [-0.39, 0.29) is 11.7 Å². The van der Waals surface area contributed by atoms with E-state index in [1.165, 1.54) is 31.2 Å². The van der Waals surface area contributed by atoms with E-state index in [1.54, 1.807) is 0 Å². The zero-order chi connectivity index (χ0) is 24.3. The van der Waals surface area contributed by atoms with Gasteiger partial charge in [0.05, 0.1) is 11.6 Å².